The first-order valence-electron chi connectivity index (χ1n) is 7.56. The molecule has 1 aromatic carbocycles. The zero-order chi connectivity index (χ0) is 17.0. The molecule has 0 aliphatic carbocycles. The summed E-state index contributed by atoms with van der Waals surface area (Å²) in [5.41, 5.74) is 0. The fourth-order valence-electron chi connectivity index (χ4n) is 2.56. The van der Waals surface area contributed by atoms with Gasteiger partial charge in [-0.25, -0.2) is 21.9 Å². The summed E-state index contributed by atoms with van der Waals surface area (Å²) in [7, 11) is -4.04. The highest BCUT2D eigenvalue weighted by atomic mass is 32.2. The minimum atomic E-state index is -4.04. The Bertz CT molecular complexity index is 638. The van der Waals surface area contributed by atoms with E-state index in [1.165, 1.54) is 0 Å². The molecule has 1 saturated heterocycles. The molecule has 5 nitrogen and oxygen atoms in total. The van der Waals surface area contributed by atoms with Crippen molar-refractivity contribution in [3.8, 4) is 0 Å². The minimum Gasteiger partial charge on any atom is -0.374 e. The Labute approximate surface area is 135 Å². The summed E-state index contributed by atoms with van der Waals surface area (Å²) >= 11 is 0. The van der Waals surface area contributed by atoms with Gasteiger partial charge in [-0.05, 0) is 18.1 Å². The number of ether oxygens (including phenoxy) is 1. The van der Waals surface area contributed by atoms with Crippen LogP contribution in [0.1, 0.15) is 13.8 Å². The van der Waals surface area contributed by atoms with E-state index >= 15 is 0 Å². The van der Waals surface area contributed by atoms with Crippen LogP contribution < -0.4 is 4.72 Å². The third-order valence-corrected chi connectivity index (χ3v) is 4.99. The van der Waals surface area contributed by atoms with Crippen LogP contribution in [-0.4, -0.2) is 52.2 Å². The van der Waals surface area contributed by atoms with Gasteiger partial charge in [0.15, 0.2) is 0 Å². The molecule has 0 radical (unpaired) electrons. The van der Waals surface area contributed by atoms with Crippen LogP contribution in [0.5, 0.6) is 0 Å². The van der Waals surface area contributed by atoms with Crippen molar-refractivity contribution < 1.29 is 21.9 Å². The van der Waals surface area contributed by atoms with Gasteiger partial charge in [0.25, 0.3) is 0 Å². The summed E-state index contributed by atoms with van der Waals surface area (Å²) in [5.74, 6) is -1.41. The van der Waals surface area contributed by atoms with Gasteiger partial charge < -0.3 is 4.74 Å². The van der Waals surface area contributed by atoms with Crippen LogP contribution in [0.2, 0.25) is 0 Å². The molecule has 1 aliphatic heterocycles. The number of sulfonamides is 1. The standard InChI is InChI=1S/C15H22F2N2O3S/c1-11(2)9-19-5-6-22-13(10-19)8-18-23(20,21)15-4-3-12(16)7-14(15)17/h3-4,7,11,13,18H,5-6,8-10H2,1-2H3. The molecule has 0 amide bonds. The number of benzene rings is 1. The maximum atomic E-state index is 13.6. The van der Waals surface area contributed by atoms with Gasteiger partial charge in [0.2, 0.25) is 10.0 Å². The second-order valence-corrected chi connectivity index (χ2v) is 7.81. The van der Waals surface area contributed by atoms with Gasteiger partial charge in [0, 0.05) is 32.2 Å². The molecule has 8 heteroatoms. The number of nitrogens with one attached hydrogen (secondary N) is 1. The first-order valence-corrected chi connectivity index (χ1v) is 9.05. The highest BCUT2D eigenvalue weighted by Gasteiger charge is 2.25. The van der Waals surface area contributed by atoms with Crippen LogP contribution in [-0.2, 0) is 14.8 Å². The van der Waals surface area contributed by atoms with E-state index < -0.39 is 26.6 Å². The number of nitrogens with zero attached hydrogens (tertiary/aromatic N) is 1. The van der Waals surface area contributed by atoms with Crippen molar-refractivity contribution in [1.82, 2.24) is 9.62 Å². The number of morpholine rings is 1. The molecule has 1 heterocycles. The molecule has 1 aliphatic rings. The Morgan fingerprint density at radius 3 is 2.78 bits per heavy atom. The minimum absolute atomic E-state index is 0.0494. The Morgan fingerprint density at radius 2 is 2.13 bits per heavy atom. The lowest BCUT2D eigenvalue weighted by Crippen LogP contribution is -2.48. The fourth-order valence-corrected chi connectivity index (χ4v) is 3.68. The monoisotopic (exact) mass is 348 g/mol. The average molecular weight is 348 g/mol. The van der Waals surface area contributed by atoms with E-state index in [-0.39, 0.29) is 12.6 Å². The molecule has 1 N–H and O–H groups in total. The number of hydrogen-bond acceptors (Lipinski definition) is 4. The quantitative estimate of drug-likeness (QED) is 0.848. The van der Waals surface area contributed by atoms with Gasteiger partial charge in [0.1, 0.15) is 16.5 Å². The highest BCUT2D eigenvalue weighted by molar-refractivity contribution is 7.89. The Kier molecular flexibility index (Phi) is 6.07. The van der Waals surface area contributed by atoms with Crippen molar-refractivity contribution in [2.24, 2.45) is 5.92 Å². The number of hydrogen-bond donors (Lipinski definition) is 1. The molecular formula is C15H22F2N2O3S. The second-order valence-electron chi connectivity index (χ2n) is 6.07. The summed E-state index contributed by atoms with van der Waals surface area (Å²) in [6.07, 6.45) is -0.291. The van der Waals surface area contributed by atoms with Crippen molar-refractivity contribution in [2.45, 2.75) is 24.8 Å². The maximum absolute atomic E-state index is 13.6. The molecule has 1 unspecified atom stereocenters. The normalized spacial score (nSPS) is 20.1. The second kappa shape index (κ2) is 7.65. The zero-order valence-electron chi connectivity index (χ0n) is 13.3. The average Bonchev–Trinajstić information content (AvgIpc) is 2.44. The molecule has 130 valence electrons. The molecular weight excluding hydrogens is 326 g/mol. The van der Waals surface area contributed by atoms with Crippen LogP contribution in [0.25, 0.3) is 0 Å². The molecule has 0 spiro atoms. The predicted octanol–water partition coefficient (Wildman–Crippen LogP) is 1.60. The maximum Gasteiger partial charge on any atom is 0.243 e. The topological polar surface area (TPSA) is 58.6 Å². The van der Waals surface area contributed by atoms with Gasteiger partial charge in [-0.3, -0.25) is 4.90 Å². The van der Waals surface area contributed by atoms with Crippen molar-refractivity contribution in [1.29, 1.82) is 0 Å². The molecule has 0 aromatic heterocycles. The summed E-state index contributed by atoms with van der Waals surface area (Å²) < 4.78 is 58.6. The Balaban J connectivity index is 1.96. The molecule has 1 atom stereocenters. The van der Waals surface area contributed by atoms with E-state index in [0.29, 0.717) is 25.1 Å². The van der Waals surface area contributed by atoms with Crippen LogP contribution in [0, 0.1) is 17.6 Å². The molecule has 1 fully saturated rings. The summed E-state index contributed by atoms with van der Waals surface area (Å²) in [5, 5.41) is 0. The summed E-state index contributed by atoms with van der Waals surface area (Å²) in [6.45, 7) is 7.16. The molecule has 23 heavy (non-hydrogen) atoms. The van der Waals surface area contributed by atoms with Crippen LogP contribution in [0.15, 0.2) is 23.1 Å². The van der Waals surface area contributed by atoms with Crippen LogP contribution >= 0.6 is 0 Å². The Hall–Kier alpha value is -1.09. The van der Waals surface area contributed by atoms with E-state index in [2.05, 4.69) is 23.5 Å². The predicted molar refractivity (Wildman–Crippen MR) is 82.6 cm³/mol. The van der Waals surface area contributed by atoms with Crippen LogP contribution in [0.4, 0.5) is 8.78 Å². The van der Waals surface area contributed by atoms with Gasteiger partial charge >= 0.3 is 0 Å². The van der Waals surface area contributed by atoms with Crippen molar-refractivity contribution in [3.05, 3.63) is 29.8 Å². The van der Waals surface area contributed by atoms with E-state index in [1.807, 2.05) is 0 Å². The summed E-state index contributed by atoms with van der Waals surface area (Å²) in [6, 6.07) is 2.38. The Morgan fingerprint density at radius 1 is 1.39 bits per heavy atom. The molecule has 1 aromatic rings. The van der Waals surface area contributed by atoms with Crippen LogP contribution in [0.3, 0.4) is 0 Å². The number of halogens is 2. The van der Waals surface area contributed by atoms with E-state index in [0.717, 1.165) is 25.2 Å². The first kappa shape index (κ1) is 18.3. The molecule has 0 saturated carbocycles. The lowest BCUT2D eigenvalue weighted by molar-refractivity contribution is -0.0280. The molecule has 2 rings (SSSR count). The van der Waals surface area contributed by atoms with Crippen molar-refractivity contribution in [2.75, 3.05) is 32.8 Å². The van der Waals surface area contributed by atoms with Gasteiger partial charge in [-0.1, -0.05) is 13.8 Å². The first-order chi connectivity index (χ1) is 10.8. The lowest BCUT2D eigenvalue weighted by Gasteiger charge is -2.33. The van der Waals surface area contributed by atoms with E-state index in [9.17, 15) is 17.2 Å². The number of rotatable bonds is 6. The molecule has 0 bridgehead atoms. The van der Waals surface area contributed by atoms with E-state index in [4.69, 9.17) is 4.74 Å². The fraction of sp³-hybridized carbons (Fsp3) is 0.600. The highest BCUT2D eigenvalue weighted by Crippen LogP contribution is 2.16. The van der Waals surface area contributed by atoms with Gasteiger partial charge in [-0.15, -0.1) is 0 Å². The summed E-state index contributed by atoms with van der Waals surface area (Å²) in [4.78, 5) is 1.65. The van der Waals surface area contributed by atoms with Crippen molar-refractivity contribution >= 4 is 10.0 Å². The van der Waals surface area contributed by atoms with Gasteiger partial charge in [0.05, 0.1) is 12.7 Å². The lowest BCUT2D eigenvalue weighted by atomic mass is 10.2. The smallest absolute Gasteiger partial charge is 0.243 e. The zero-order valence-corrected chi connectivity index (χ0v) is 14.1. The SMILES string of the molecule is CC(C)CN1CCOC(CNS(=O)(=O)c2ccc(F)cc2F)C1. The third kappa shape index (κ3) is 5.20. The van der Waals surface area contributed by atoms with Crippen molar-refractivity contribution in [3.63, 3.8) is 0 Å². The third-order valence-electron chi connectivity index (χ3n) is 3.53. The largest absolute Gasteiger partial charge is 0.374 e. The van der Waals surface area contributed by atoms with E-state index in [1.54, 1.807) is 0 Å². The van der Waals surface area contributed by atoms with Gasteiger partial charge in [-0.2, -0.15) is 0 Å².